The van der Waals surface area contributed by atoms with Crippen LogP contribution in [0.1, 0.15) is 87.7 Å². The molecular formula is C26H38N2O. The van der Waals surface area contributed by atoms with Gasteiger partial charge in [0.05, 0.1) is 0 Å². The van der Waals surface area contributed by atoms with Crippen LogP contribution in [0.4, 0.5) is 5.69 Å². The van der Waals surface area contributed by atoms with Gasteiger partial charge in [0.2, 0.25) is 5.91 Å². The van der Waals surface area contributed by atoms with E-state index >= 15 is 0 Å². The summed E-state index contributed by atoms with van der Waals surface area (Å²) < 4.78 is 0. The minimum absolute atomic E-state index is 0.269. The van der Waals surface area contributed by atoms with Gasteiger partial charge in [-0.05, 0) is 93.0 Å². The summed E-state index contributed by atoms with van der Waals surface area (Å²) in [7, 11) is 0. The first-order valence-corrected chi connectivity index (χ1v) is 12.4. The van der Waals surface area contributed by atoms with Crippen molar-refractivity contribution >= 4 is 11.6 Å². The van der Waals surface area contributed by atoms with Crippen molar-refractivity contribution in [2.45, 2.75) is 83.0 Å². The number of rotatable bonds is 5. The maximum atomic E-state index is 13.2. The number of carbonyl (C=O) groups is 1. The van der Waals surface area contributed by atoms with Crippen molar-refractivity contribution < 1.29 is 4.79 Å². The lowest BCUT2D eigenvalue weighted by Crippen LogP contribution is -2.34. The molecule has 2 saturated carbocycles. The third-order valence-electron chi connectivity index (χ3n) is 8.22. The minimum Gasteiger partial charge on any atom is -0.317 e. The molecule has 0 spiro atoms. The Labute approximate surface area is 176 Å². The molecule has 1 aromatic carbocycles. The van der Waals surface area contributed by atoms with Crippen molar-refractivity contribution in [3.05, 3.63) is 29.3 Å². The van der Waals surface area contributed by atoms with Crippen molar-refractivity contribution in [2.24, 2.45) is 17.8 Å². The van der Waals surface area contributed by atoms with E-state index in [-0.39, 0.29) is 5.92 Å². The van der Waals surface area contributed by atoms with Gasteiger partial charge in [-0.15, -0.1) is 0 Å². The van der Waals surface area contributed by atoms with Crippen molar-refractivity contribution in [1.29, 1.82) is 0 Å². The molecule has 4 aliphatic rings. The smallest absolute Gasteiger partial charge is 0.230 e. The molecule has 1 saturated heterocycles. The second kappa shape index (κ2) is 8.79. The molecule has 1 N–H and O–H groups in total. The number of benzene rings is 1. The number of nitrogens with zero attached hydrogens (tertiary/aromatic N) is 1. The topological polar surface area (TPSA) is 32.3 Å². The molecular weight excluding hydrogens is 356 g/mol. The highest BCUT2D eigenvalue weighted by atomic mass is 16.2. The van der Waals surface area contributed by atoms with Gasteiger partial charge in [-0.2, -0.15) is 0 Å². The van der Waals surface area contributed by atoms with E-state index in [1.54, 1.807) is 5.56 Å². The van der Waals surface area contributed by atoms with Crippen molar-refractivity contribution in [3.63, 3.8) is 0 Å². The van der Waals surface area contributed by atoms with E-state index in [0.717, 1.165) is 43.6 Å². The molecule has 1 amide bonds. The van der Waals surface area contributed by atoms with Crippen LogP contribution in [0.25, 0.3) is 0 Å². The number of nitrogens with one attached hydrogen (secondary N) is 1. The SMILES string of the molecule is O=C(C1CCCCCC1)N1CCc2cc(C3CC3CCC3CCNCC3)ccc21. The Kier molecular flexibility index (Phi) is 5.95. The highest BCUT2D eigenvalue weighted by Gasteiger charge is 2.39. The summed E-state index contributed by atoms with van der Waals surface area (Å²) in [4.78, 5) is 15.3. The fourth-order valence-corrected chi connectivity index (χ4v) is 6.22. The van der Waals surface area contributed by atoms with Gasteiger partial charge < -0.3 is 10.2 Å². The van der Waals surface area contributed by atoms with E-state index in [0.29, 0.717) is 5.91 Å². The number of fused-ring (bicyclic) bond motifs is 1. The van der Waals surface area contributed by atoms with E-state index in [9.17, 15) is 4.79 Å². The number of hydrogen-bond acceptors (Lipinski definition) is 2. The maximum Gasteiger partial charge on any atom is 0.230 e. The van der Waals surface area contributed by atoms with Gasteiger partial charge in [0, 0.05) is 18.2 Å². The zero-order valence-corrected chi connectivity index (χ0v) is 18.0. The second-order valence-corrected chi connectivity index (χ2v) is 10.2. The molecule has 0 bridgehead atoms. The Bertz CT molecular complexity index is 715. The van der Waals surface area contributed by atoms with Crippen LogP contribution in [0.15, 0.2) is 18.2 Å². The molecule has 1 aromatic rings. The van der Waals surface area contributed by atoms with Gasteiger partial charge in [0.15, 0.2) is 0 Å². The summed E-state index contributed by atoms with van der Waals surface area (Å²) in [6.45, 7) is 3.34. The summed E-state index contributed by atoms with van der Waals surface area (Å²) in [5, 5.41) is 3.48. The van der Waals surface area contributed by atoms with Gasteiger partial charge in [-0.3, -0.25) is 4.79 Å². The van der Waals surface area contributed by atoms with E-state index in [4.69, 9.17) is 0 Å². The van der Waals surface area contributed by atoms with Crippen LogP contribution >= 0.6 is 0 Å². The van der Waals surface area contributed by atoms with Crippen LogP contribution in [0.2, 0.25) is 0 Å². The Balaban J connectivity index is 1.18. The Morgan fingerprint density at radius 2 is 1.79 bits per heavy atom. The number of hydrogen-bond donors (Lipinski definition) is 1. The highest BCUT2D eigenvalue weighted by Crippen LogP contribution is 2.51. The van der Waals surface area contributed by atoms with E-state index in [1.165, 1.54) is 82.1 Å². The maximum absolute atomic E-state index is 13.2. The Morgan fingerprint density at radius 1 is 1.00 bits per heavy atom. The summed E-state index contributed by atoms with van der Waals surface area (Å²) >= 11 is 0. The molecule has 0 aromatic heterocycles. The standard InChI is InChI=1S/C26H38N2O/c29-26(20-5-3-1-2-4-6-20)28-16-13-23-17-21(9-10-25(23)28)24-18-22(24)8-7-19-11-14-27-15-12-19/h9-10,17,19-20,22,24,27H,1-8,11-16,18H2. The predicted molar refractivity (Wildman–Crippen MR) is 119 cm³/mol. The molecule has 29 heavy (non-hydrogen) atoms. The Hall–Kier alpha value is -1.35. The third-order valence-corrected chi connectivity index (χ3v) is 8.22. The van der Waals surface area contributed by atoms with Crippen LogP contribution in [0.5, 0.6) is 0 Å². The van der Waals surface area contributed by atoms with Crippen molar-refractivity contribution in [1.82, 2.24) is 5.32 Å². The molecule has 3 heteroatoms. The molecule has 2 aliphatic carbocycles. The van der Waals surface area contributed by atoms with Crippen molar-refractivity contribution in [3.8, 4) is 0 Å². The van der Waals surface area contributed by atoms with Gasteiger partial charge in [-0.1, -0.05) is 44.2 Å². The summed E-state index contributed by atoms with van der Waals surface area (Å²) in [5.74, 6) is 3.33. The summed E-state index contributed by atoms with van der Waals surface area (Å²) in [6.07, 6.45) is 15.3. The lowest BCUT2D eigenvalue weighted by Gasteiger charge is -2.23. The molecule has 3 fully saturated rings. The molecule has 158 valence electrons. The van der Waals surface area contributed by atoms with E-state index in [1.807, 2.05) is 0 Å². The fraction of sp³-hybridized carbons (Fsp3) is 0.731. The van der Waals surface area contributed by atoms with Crippen molar-refractivity contribution in [2.75, 3.05) is 24.5 Å². The fourth-order valence-electron chi connectivity index (χ4n) is 6.22. The average molecular weight is 395 g/mol. The summed E-state index contributed by atoms with van der Waals surface area (Å²) in [5.41, 5.74) is 4.19. The number of piperidine rings is 1. The van der Waals surface area contributed by atoms with Crippen LogP contribution in [0.3, 0.4) is 0 Å². The first-order valence-electron chi connectivity index (χ1n) is 12.4. The largest absolute Gasteiger partial charge is 0.317 e. The highest BCUT2D eigenvalue weighted by molar-refractivity contribution is 5.97. The van der Waals surface area contributed by atoms with Crippen LogP contribution in [-0.2, 0) is 11.2 Å². The lowest BCUT2D eigenvalue weighted by molar-refractivity contribution is -0.122. The zero-order valence-electron chi connectivity index (χ0n) is 18.0. The quantitative estimate of drug-likeness (QED) is 0.676. The van der Waals surface area contributed by atoms with Crippen LogP contribution in [-0.4, -0.2) is 25.5 Å². The number of carbonyl (C=O) groups excluding carboxylic acids is 1. The molecule has 3 nitrogen and oxygen atoms in total. The second-order valence-electron chi connectivity index (χ2n) is 10.2. The van der Waals surface area contributed by atoms with Gasteiger partial charge >= 0.3 is 0 Å². The third kappa shape index (κ3) is 4.40. The van der Waals surface area contributed by atoms with E-state index in [2.05, 4.69) is 28.4 Å². The minimum atomic E-state index is 0.269. The zero-order chi connectivity index (χ0) is 19.6. The number of amides is 1. The molecule has 0 radical (unpaired) electrons. The molecule has 2 unspecified atom stereocenters. The normalized spacial score (nSPS) is 28.2. The van der Waals surface area contributed by atoms with Crippen LogP contribution in [0, 0.1) is 17.8 Å². The first kappa shape index (κ1) is 19.6. The van der Waals surface area contributed by atoms with Gasteiger partial charge in [0.25, 0.3) is 0 Å². The monoisotopic (exact) mass is 394 g/mol. The lowest BCUT2D eigenvalue weighted by atomic mass is 9.91. The van der Waals surface area contributed by atoms with E-state index < -0.39 is 0 Å². The molecule has 2 atom stereocenters. The van der Waals surface area contributed by atoms with Gasteiger partial charge in [-0.25, -0.2) is 0 Å². The average Bonchev–Trinajstić information content (AvgIpc) is 3.49. The molecule has 2 heterocycles. The summed E-state index contributed by atoms with van der Waals surface area (Å²) in [6, 6.07) is 7.06. The van der Waals surface area contributed by atoms with Gasteiger partial charge in [0.1, 0.15) is 0 Å². The number of anilines is 1. The molecule has 5 rings (SSSR count). The molecule has 2 aliphatic heterocycles. The first-order chi connectivity index (χ1) is 14.3. The van der Waals surface area contributed by atoms with Crippen LogP contribution < -0.4 is 10.2 Å². The Morgan fingerprint density at radius 3 is 2.59 bits per heavy atom. The predicted octanol–water partition coefficient (Wildman–Crippen LogP) is 5.43.